The summed E-state index contributed by atoms with van der Waals surface area (Å²) in [5, 5.41) is 7.57. The van der Waals surface area contributed by atoms with E-state index in [1.807, 2.05) is 45.0 Å². The Bertz CT molecular complexity index is 2480. The van der Waals surface area contributed by atoms with Crippen molar-refractivity contribution in [3.63, 3.8) is 0 Å². The number of primary amides is 1. The number of anilines is 5. The lowest BCUT2D eigenvalue weighted by Crippen LogP contribution is -2.47. The Kier molecular flexibility index (Phi) is 13.1. The van der Waals surface area contributed by atoms with Gasteiger partial charge in [-0.1, -0.05) is 45.0 Å². The van der Waals surface area contributed by atoms with E-state index in [2.05, 4.69) is 39.1 Å². The number of carbonyl (C=O) groups is 2. The van der Waals surface area contributed by atoms with Crippen LogP contribution in [0.15, 0.2) is 85.1 Å². The van der Waals surface area contributed by atoms with E-state index in [1.54, 1.807) is 67.9 Å². The van der Waals surface area contributed by atoms with Crippen molar-refractivity contribution in [1.82, 2.24) is 15.2 Å². The van der Waals surface area contributed by atoms with E-state index in [0.717, 1.165) is 24.9 Å². The summed E-state index contributed by atoms with van der Waals surface area (Å²) in [5.41, 5.74) is 8.24. The zero-order valence-electron chi connectivity index (χ0n) is 35.2. The Balaban J connectivity index is 1.27. The second-order valence-corrected chi connectivity index (χ2v) is 17.6. The average molecular weight is 840 g/mol. The SMILES string of the molecule is COc1cc(Nc2cc(Oc3ccc(N(C(N)=O)c4cc(C(C)(C)C)cc(NS(C)(=O)=O)c4OC)c4ccccc34)ccn2)cc(C(=O)NCCN2C[C@@H](C)O[C@@H](C)C2)c1. The van der Waals surface area contributed by atoms with E-state index >= 15 is 0 Å². The third kappa shape index (κ3) is 10.5. The summed E-state index contributed by atoms with van der Waals surface area (Å²) in [4.78, 5) is 34.8. The monoisotopic (exact) mass is 839 g/mol. The van der Waals surface area contributed by atoms with Crippen molar-refractivity contribution in [2.75, 3.05) is 61.6 Å². The molecule has 0 radical (unpaired) electrons. The van der Waals surface area contributed by atoms with Crippen LogP contribution in [0.2, 0.25) is 0 Å². The van der Waals surface area contributed by atoms with Crippen LogP contribution in [0.4, 0.5) is 33.4 Å². The molecule has 1 aliphatic rings. The highest BCUT2D eigenvalue weighted by molar-refractivity contribution is 7.92. The number of morpholine rings is 1. The van der Waals surface area contributed by atoms with Crippen molar-refractivity contribution in [1.29, 1.82) is 0 Å². The van der Waals surface area contributed by atoms with Gasteiger partial charge in [-0.2, -0.15) is 0 Å². The van der Waals surface area contributed by atoms with Crippen LogP contribution in [0.5, 0.6) is 23.0 Å². The molecular weight excluding hydrogens is 787 g/mol. The third-order valence-corrected chi connectivity index (χ3v) is 10.4. The van der Waals surface area contributed by atoms with E-state index < -0.39 is 21.5 Å². The quantitative estimate of drug-likeness (QED) is 0.0867. The molecule has 5 N–H and O–H groups in total. The number of nitrogens with two attached hydrogens (primary N) is 1. The van der Waals surface area contributed by atoms with Gasteiger partial charge in [-0.05, 0) is 67.3 Å². The summed E-state index contributed by atoms with van der Waals surface area (Å²) in [6.07, 6.45) is 2.93. The van der Waals surface area contributed by atoms with Crippen LogP contribution in [-0.2, 0) is 20.2 Å². The molecule has 1 aromatic heterocycles. The van der Waals surface area contributed by atoms with Gasteiger partial charge < -0.3 is 35.3 Å². The maximum Gasteiger partial charge on any atom is 0.324 e. The minimum atomic E-state index is -3.72. The van der Waals surface area contributed by atoms with Gasteiger partial charge in [0, 0.05) is 66.5 Å². The molecule has 15 nitrogen and oxygen atoms in total. The van der Waals surface area contributed by atoms with Crippen molar-refractivity contribution in [2.24, 2.45) is 5.73 Å². The lowest BCUT2D eigenvalue weighted by atomic mass is 9.86. The number of urea groups is 1. The molecule has 1 saturated heterocycles. The number of carbonyl (C=O) groups excluding carboxylic acids is 2. The van der Waals surface area contributed by atoms with Gasteiger partial charge in [-0.3, -0.25) is 19.3 Å². The summed E-state index contributed by atoms with van der Waals surface area (Å²) in [5.74, 6) is 1.77. The summed E-state index contributed by atoms with van der Waals surface area (Å²) < 4.78 is 50.9. The number of hydrogen-bond donors (Lipinski definition) is 4. The number of fused-ring (bicyclic) bond motifs is 1. The molecule has 2 atom stereocenters. The second-order valence-electron chi connectivity index (χ2n) is 15.8. The molecule has 0 unspecified atom stereocenters. The van der Waals surface area contributed by atoms with Crippen LogP contribution in [0, 0.1) is 0 Å². The molecule has 5 aromatic rings. The number of amides is 3. The van der Waals surface area contributed by atoms with Crippen molar-refractivity contribution in [3.8, 4) is 23.0 Å². The van der Waals surface area contributed by atoms with Gasteiger partial charge in [0.1, 0.15) is 23.1 Å². The van der Waals surface area contributed by atoms with Gasteiger partial charge in [0.2, 0.25) is 10.0 Å². The number of hydrogen-bond acceptors (Lipinski definition) is 11. The van der Waals surface area contributed by atoms with Gasteiger partial charge in [0.15, 0.2) is 5.75 Å². The van der Waals surface area contributed by atoms with Gasteiger partial charge in [0.25, 0.3) is 5.91 Å². The third-order valence-electron chi connectivity index (χ3n) is 9.84. The Labute approximate surface area is 351 Å². The number of rotatable bonds is 14. The van der Waals surface area contributed by atoms with Crippen LogP contribution in [0.1, 0.15) is 50.5 Å². The normalized spacial score (nSPS) is 15.9. The van der Waals surface area contributed by atoms with E-state index in [9.17, 15) is 18.0 Å². The molecule has 318 valence electrons. The first-order valence-electron chi connectivity index (χ1n) is 19.5. The smallest absolute Gasteiger partial charge is 0.324 e. The number of benzene rings is 4. The van der Waals surface area contributed by atoms with Gasteiger partial charge in [-0.15, -0.1) is 0 Å². The summed E-state index contributed by atoms with van der Waals surface area (Å²) >= 11 is 0. The maximum atomic E-state index is 13.4. The Morgan fingerprint density at radius 2 is 1.63 bits per heavy atom. The van der Waals surface area contributed by atoms with Crippen molar-refractivity contribution < 1.29 is 37.0 Å². The minimum absolute atomic E-state index is 0.116. The zero-order chi connectivity index (χ0) is 43.4. The van der Waals surface area contributed by atoms with E-state index in [-0.39, 0.29) is 35.2 Å². The van der Waals surface area contributed by atoms with Crippen LogP contribution < -0.4 is 40.2 Å². The molecule has 0 saturated carbocycles. The lowest BCUT2D eigenvalue weighted by Gasteiger charge is -2.35. The number of pyridine rings is 1. The number of methoxy groups -OCH3 is 2. The maximum absolute atomic E-state index is 13.4. The van der Waals surface area contributed by atoms with Crippen molar-refractivity contribution >= 4 is 61.3 Å². The molecular formula is C44H53N7O8S. The van der Waals surface area contributed by atoms with Gasteiger partial charge >= 0.3 is 6.03 Å². The number of ether oxygens (including phenoxy) is 4. The molecule has 3 amide bonds. The van der Waals surface area contributed by atoms with E-state index in [1.165, 1.54) is 12.0 Å². The van der Waals surface area contributed by atoms with E-state index in [0.29, 0.717) is 63.9 Å². The number of nitrogens with zero attached hydrogens (tertiary/aromatic N) is 3. The van der Waals surface area contributed by atoms with E-state index in [4.69, 9.17) is 24.7 Å². The standard InChI is InChI=1S/C44H53N7O8S/c1-27-25-50(26-28(2)58-27)18-17-47-42(52)29-19-31(23-33(20-29)56-6)48-40-24-32(15-16-46-40)59-39-14-13-37(34-11-9-10-12-35(34)39)51(43(45)53)38-22-30(44(3,4)5)21-36(41(38)57-7)49-60(8,54)55/h9-16,19-24,27-28,49H,17-18,25-26H2,1-8H3,(H2,45,53)(H,46,48)(H,47,52)/t27-,28+. The molecule has 6 rings (SSSR count). The Morgan fingerprint density at radius 3 is 2.28 bits per heavy atom. The van der Waals surface area contributed by atoms with Crippen molar-refractivity contribution in [3.05, 3.63) is 96.2 Å². The fourth-order valence-electron chi connectivity index (χ4n) is 7.24. The number of nitrogens with one attached hydrogen (secondary N) is 3. The molecule has 1 fully saturated rings. The molecule has 4 aromatic carbocycles. The molecule has 0 spiro atoms. The van der Waals surface area contributed by atoms with Gasteiger partial charge in [-0.25, -0.2) is 18.2 Å². The summed E-state index contributed by atoms with van der Waals surface area (Å²) in [6.45, 7) is 12.9. The first-order chi connectivity index (χ1) is 28.4. The minimum Gasteiger partial charge on any atom is -0.497 e. The van der Waals surface area contributed by atoms with Crippen molar-refractivity contribution in [2.45, 2.75) is 52.2 Å². The van der Waals surface area contributed by atoms with Gasteiger partial charge in [0.05, 0.1) is 49.7 Å². The predicted octanol–water partition coefficient (Wildman–Crippen LogP) is 7.51. The fourth-order valence-corrected chi connectivity index (χ4v) is 7.80. The first-order valence-corrected chi connectivity index (χ1v) is 21.4. The molecule has 60 heavy (non-hydrogen) atoms. The highest BCUT2D eigenvalue weighted by Gasteiger charge is 2.29. The lowest BCUT2D eigenvalue weighted by molar-refractivity contribution is -0.0672. The molecule has 2 heterocycles. The zero-order valence-corrected chi connectivity index (χ0v) is 36.0. The molecule has 16 heteroatoms. The van der Waals surface area contributed by atoms with Crippen LogP contribution >= 0.6 is 0 Å². The summed E-state index contributed by atoms with van der Waals surface area (Å²) in [7, 11) is -0.786. The number of aromatic nitrogens is 1. The highest BCUT2D eigenvalue weighted by atomic mass is 32.2. The molecule has 0 aliphatic carbocycles. The Hall–Kier alpha value is -6.10. The largest absolute Gasteiger partial charge is 0.497 e. The average Bonchev–Trinajstić information content (AvgIpc) is 3.17. The fraction of sp³-hybridized carbons (Fsp3) is 0.341. The number of sulfonamides is 1. The first kappa shape index (κ1) is 43.5. The predicted molar refractivity (Wildman–Crippen MR) is 235 cm³/mol. The topological polar surface area (TPSA) is 187 Å². The summed E-state index contributed by atoms with van der Waals surface area (Å²) in [6, 6.07) is 22.1. The second kappa shape index (κ2) is 18.0. The Morgan fingerprint density at radius 1 is 0.917 bits per heavy atom. The van der Waals surface area contributed by atoms with Crippen LogP contribution in [0.25, 0.3) is 10.8 Å². The van der Waals surface area contributed by atoms with Crippen LogP contribution in [-0.4, -0.2) is 89.1 Å². The van der Waals surface area contributed by atoms with Crippen LogP contribution in [0.3, 0.4) is 0 Å². The molecule has 1 aliphatic heterocycles. The molecule has 0 bridgehead atoms. The highest BCUT2D eigenvalue weighted by Crippen LogP contribution is 2.46.